The summed E-state index contributed by atoms with van der Waals surface area (Å²) in [6.45, 7) is 1.52. The predicted molar refractivity (Wildman–Crippen MR) is 66.7 cm³/mol. The average molecular weight is 290 g/mol. The highest BCUT2D eigenvalue weighted by Gasteiger charge is 2.33. The fraction of sp³-hybridized carbons (Fsp3) is 0.917. The molecule has 1 saturated carbocycles. The van der Waals surface area contributed by atoms with Gasteiger partial charge in [-0.3, -0.25) is 4.79 Å². The van der Waals surface area contributed by atoms with E-state index in [1.54, 1.807) is 0 Å². The van der Waals surface area contributed by atoms with Gasteiger partial charge in [-0.15, -0.1) is 0 Å². The first kappa shape index (κ1) is 12.4. The van der Waals surface area contributed by atoms with Crippen molar-refractivity contribution in [3.05, 3.63) is 0 Å². The minimum atomic E-state index is -0.0565. The summed E-state index contributed by atoms with van der Waals surface area (Å²) in [5, 5.41) is 4.05. The first-order chi connectivity index (χ1) is 7.74. The molecular formula is C12H20BrNO2. The highest BCUT2D eigenvalue weighted by atomic mass is 79.9. The van der Waals surface area contributed by atoms with Gasteiger partial charge in [0.1, 0.15) is 0 Å². The molecule has 0 aromatic carbocycles. The van der Waals surface area contributed by atoms with E-state index in [-0.39, 0.29) is 11.4 Å². The first-order valence-corrected chi connectivity index (χ1v) is 7.31. The highest BCUT2D eigenvalue weighted by Crippen LogP contribution is 2.30. The summed E-state index contributed by atoms with van der Waals surface area (Å²) in [6, 6.07) is 0. The maximum absolute atomic E-state index is 11.9. The Labute approximate surface area is 105 Å². The fourth-order valence-corrected chi connectivity index (χ4v) is 3.06. The van der Waals surface area contributed by atoms with Crippen molar-refractivity contribution in [2.24, 2.45) is 5.92 Å². The standard InChI is InChI=1S/C12H20BrNO2/c13-9-12(4-6-16-7-5-12)14-11(15)8-10-2-1-3-10/h10H,1-9H2,(H,14,15). The van der Waals surface area contributed by atoms with Crippen LogP contribution in [-0.2, 0) is 9.53 Å². The second-order valence-corrected chi connectivity index (χ2v) is 5.64. The Morgan fingerprint density at radius 1 is 1.38 bits per heavy atom. The van der Waals surface area contributed by atoms with Crippen LogP contribution in [-0.4, -0.2) is 30.0 Å². The molecule has 3 nitrogen and oxygen atoms in total. The van der Waals surface area contributed by atoms with Crippen LogP contribution in [0.3, 0.4) is 0 Å². The van der Waals surface area contributed by atoms with Crippen LogP contribution >= 0.6 is 15.9 Å². The molecule has 92 valence electrons. The topological polar surface area (TPSA) is 38.3 Å². The van der Waals surface area contributed by atoms with E-state index in [1.165, 1.54) is 19.3 Å². The molecule has 2 fully saturated rings. The molecule has 2 rings (SSSR count). The van der Waals surface area contributed by atoms with E-state index < -0.39 is 0 Å². The van der Waals surface area contributed by atoms with Gasteiger partial charge in [0.15, 0.2) is 0 Å². The number of alkyl halides is 1. The molecule has 0 bridgehead atoms. The first-order valence-electron chi connectivity index (χ1n) is 6.19. The van der Waals surface area contributed by atoms with Crippen LogP contribution in [0.4, 0.5) is 0 Å². The summed E-state index contributed by atoms with van der Waals surface area (Å²) < 4.78 is 5.35. The Morgan fingerprint density at radius 2 is 2.06 bits per heavy atom. The number of rotatable bonds is 4. The van der Waals surface area contributed by atoms with E-state index in [0.29, 0.717) is 5.92 Å². The van der Waals surface area contributed by atoms with Crippen molar-refractivity contribution in [2.75, 3.05) is 18.5 Å². The summed E-state index contributed by atoms with van der Waals surface area (Å²) >= 11 is 3.52. The van der Waals surface area contributed by atoms with Crippen LogP contribution in [0.25, 0.3) is 0 Å². The monoisotopic (exact) mass is 289 g/mol. The Hall–Kier alpha value is -0.0900. The Balaban J connectivity index is 1.82. The lowest BCUT2D eigenvalue weighted by Gasteiger charge is -2.37. The van der Waals surface area contributed by atoms with Gasteiger partial charge in [0.05, 0.1) is 5.54 Å². The number of ether oxygens (including phenoxy) is 1. The van der Waals surface area contributed by atoms with Gasteiger partial charge in [-0.05, 0) is 31.6 Å². The Bertz CT molecular complexity index is 247. The van der Waals surface area contributed by atoms with Gasteiger partial charge in [0.2, 0.25) is 5.91 Å². The van der Waals surface area contributed by atoms with Gasteiger partial charge in [-0.2, -0.15) is 0 Å². The van der Waals surface area contributed by atoms with Crippen LogP contribution in [0.2, 0.25) is 0 Å². The van der Waals surface area contributed by atoms with Crippen molar-refractivity contribution in [2.45, 2.75) is 44.1 Å². The van der Waals surface area contributed by atoms with Gasteiger partial charge < -0.3 is 10.1 Å². The van der Waals surface area contributed by atoms with E-state index in [4.69, 9.17) is 4.74 Å². The number of amides is 1. The minimum absolute atomic E-state index is 0.0565. The van der Waals surface area contributed by atoms with Crippen molar-refractivity contribution in [3.63, 3.8) is 0 Å². The normalized spacial score (nSPS) is 24.8. The maximum Gasteiger partial charge on any atom is 0.220 e. The summed E-state index contributed by atoms with van der Waals surface area (Å²) in [5.41, 5.74) is -0.0565. The molecule has 16 heavy (non-hydrogen) atoms. The number of hydrogen-bond acceptors (Lipinski definition) is 2. The molecule has 0 spiro atoms. The molecule has 0 aromatic heterocycles. The van der Waals surface area contributed by atoms with Gasteiger partial charge in [-0.25, -0.2) is 0 Å². The molecule has 1 aliphatic heterocycles. The summed E-state index contributed by atoms with van der Waals surface area (Å²) in [6.07, 6.45) is 6.34. The Kier molecular flexibility index (Phi) is 4.25. The maximum atomic E-state index is 11.9. The van der Waals surface area contributed by atoms with Crippen LogP contribution in [0.15, 0.2) is 0 Å². The zero-order chi connectivity index (χ0) is 11.4. The number of nitrogens with one attached hydrogen (secondary N) is 1. The van der Waals surface area contributed by atoms with Gasteiger partial charge in [0.25, 0.3) is 0 Å². The molecule has 4 heteroatoms. The molecule has 0 unspecified atom stereocenters. The summed E-state index contributed by atoms with van der Waals surface area (Å²) in [5.74, 6) is 0.873. The molecule has 1 N–H and O–H groups in total. The summed E-state index contributed by atoms with van der Waals surface area (Å²) in [7, 11) is 0. The molecule has 0 radical (unpaired) electrons. The second-order valence-electron chi connectivity index (χ2n) is 5.08. The summed E-state index contributed by atoms with van der Waals surface area (Å²) in [4.78, 5) is 11.9. The SMILES string of the molecule is O=C(CC1CCC1)NC1(CBr)CCOCC1. The van der Waals surface area contributed by atoms with E-state index >= 15 is 0 Å². The van der Waals surface area contributed by atoms with E-state index in [9.17, 15) is 4.79 Å². The van der Waals surface area contributed by atoms with Crippen LogP contribution in [0.5, 0.6) is 0 Å². The molecule has 2 aliphatic rings. The zero-order valence-corrected chi connectivity index (χ0v) is 11.2. The van der Waals surface area contributed by atoms with E-state index in [0.717, 1.165) is 37.8 Å². The quantitative estimate of drug-likeness (QED) is 0.806. The molecular weight excluding hydrogens is 270 g/mol. The van der Waals surface area contributed by atoms with Crippen LogP contribution < -0.4 is 5.32 Å². The Morgan fingerprint density at radius 3 is 2.56 bits per heavy atom. The van der Waals surface area contributed by atoms with Crippen molar-refractivity contribution >= 4 is 21.8 Å². The highest BCUT2D eigenvalue weighted by molar-refractivity contribution is 9.09. The van der Waals surface area contributed by atoms with Gasteiger partial charge >= 0.3 is 0 Å². The van der Waals surface area contributed by atoms with Crippen molar-refractivity contribution in [1.82, 2.24) is 5.32 Å². The van der Waals surface area contributed by atoms with Gasteiger partial charge in [0, 0.05) is 25.0 Å². The third kappa shape index (κ3) is 2.98. The molecule has 1 aliphatic carbocycles. The number of hydrogen-bond donors (Lipinski definition) is 1. The van der Waals surface area contributed by atoms with Gasteiger partial charge in [-0.1, -0.05) is 22.4 Å². The number of halogens is 1. The molecule has 1 amide bonds. The lowest BCUT2D eigenvalue weighted by atomic mass is 9.82. The predicted octanol–water partition coefficient (Wildman–Crippen LogP) is 2.24. The van der Waals surface area contributed by atoms with Crippen molar-refractivity contribution in [3.8, 4) is 0 Å². The van der Waals surface area contributed by atoms with E-state index in [1.807, 2.05) is 0 Å². The van der Waals surface area contributed by atoms with E-state index in [2.05, 4.69) is 21.2 Å². The lowest BCUT2D eigenvalue weighted by molar-refractivity contribution is -0.125. The fourth-order valence-electron chi connectivity index (χ4n) is 2.36. The number of carbonyl (C=O) groups excluding carboxylic acids is 1. The molecule has 0 atom stereocenters. The largest absolute Gasteiger partial charge is 0.381 e. The van der Waals surface area contributed by atoms with Crippen LogP contribution in [0.1, 0.15) is 38.5 Å². The van der Waals surface area contributed by atoms with Crippen molar-refractivity contribution < 1.29 is 9.53 Å². The lowest BCUT2D eigenvalue weighted by Crippen LogP contribution is -2.53. The molecule has 0 aromatic rings. The third-order valence-corrected chi connectivity index (χ3v) is 4.88. The third-order valence-electron chi connectivity index (χ3n) is 3.81. The second kappa shape index (κ2) is 5.50. The average Bonchev–Trinajstić information content (AvgIpc) is 2.25. The van der Waals surface area contributed by atoms with Crippen LogP contribution in [0, 0.1) is 5.92 Å². The smallest absolute Gasteiger partial charge is 0.220 e. The zero-order valence-electron chi connectivity index (χ0n) is 9.64. The molecule has 1 saturated heterocycles. The molecule has 1 heterocycles. The number of carbonyl (C=O) groups is 1. The van der Waals surface area contributed by atoms with Crippen molar-refractivity contribution in [1.29, 1.82) is 0 Å². The minimum Gasteiger partial charge on any atom is -0.381 e.